The predicted molar refractivity (Wildman–Crippen MR) is 110 cm³/mol. The fourth-order valence-corrected chi connectivity index (χ4v) is 3.35. The lowest BCUT2D eigenvalue weighted by molar-refractivity contribution is -0.0501. The van der Waals surface area contributed by atoms with Gasteiger partial charge in [0, 0.05) is 5.56 Å². The molecular formula is C18H21N7O6. The molecule has 4 unspecified atom stereocenters. The number of ether oxygens (including phenoxy) is 2. The Labute approximate surface area is 174 Å². The van der Waals surface area contributed by atoms with E-state index in [1.807, 2.05) is 12.1 Å². The Kier molecular flexibility index (Phi) is 5.56. The van der Waals surface area contributed by atoms with Gasteiger partial charge < -0.3 is 30.5 Å². The Morgan fingerprint density at radius 3 is 2.84 bits per heavy atom. The number of fused-ring (bicyclic) bond motifs is 1. The first-order valence-corrected chi connectivity index (χ1v) is 9.27. The van der Waals surface area contributed by atoms with Crippen molar-refractivity contribution in [3.63, 3.8) is 0 Å². The van der Waals surface area contributed by atoms with Crippen LogP contribution in [0.15, 0.2) is 34.2 Å². The summed E-state index contributed by atoms with van der Waals surface area (Å²) in [6.07, 6.45) is -3.57. The molecule has 1 aliphatic heterocycles. The normalized spacial score (nSPS) is 23.6. The number of nitrogen functional groups attached to an aromatic ring is 1. The Balaban J connectivity index is 1.76. The van der Waals surface area contributed by atoms with Crippen LogP contribution in [0.3, 0.4) is 0 Å². The van der Waals surface area contributed by atoms with E-state index in [1.54, 1.807) is 12.1 Å². The molecule has 13 nitrogen and oxygen atoms in total. The molecule has 0 radical (unpaired) electrons. The Bertz CT molecular complexity index is 1180. The van der Waals surface area contributed by atoms with Crippen LogP contribution in [0.2, 0.25) is 0 Å². The van der Waals surface area contributed by atoms with Crippen molar-refractivity contribution in [2.24, 2.45) is 5.10 Å². The Morgan fingerprint density at radius 1 is 1.35 bits per heavy atom. The highest BCUT2D eigenvalue weighted by atomic mass is 16.6. The molecule has 31 heavy (non-hydrogen) atoms. The zero-order valence-corrected chi connectivity index (χ0v) is 16.3. The Morgan fingerprint density at radius 2 is 2.13 bits per heavy atom. The van der Waals surface area contributed by atoms with Crippen molar-refractivity contribution in [1.29, 1.82) is 0 Å². The highest BCUT2D eigenvalue weighted by Crippen LogP contribution is 2.34. The molecule has 1 aromatic carbocycles. The van der Waals surface area contributed by atoms with E-state index in [9.17, 15) is 20.1 Å². The van der Waals surface area contributed by atoms with Crippen molar-refractivity contribution >= 4 is 29.3 Å². The third kappa shape index (κ3) is 3.70. The van der Waals surface area contributed by atoms with Gasteiger partial charge in [-0.2, -0.15) is 10.1 Å². The molecule has 1 saturated heterocycles. The monoisotopic (exact) mass is 431 g/mol. The largest absolute Gasteiger partial charge is 0.496 e. The van der Waals surface area contributed by atoms with E-state index in [0.717, 1.165) is 0 Å². The molecule has 3 heterocycles. The first-order chi connectivity index (χ1) is 14.9. The SMILES string of the molecule is COc1ccccc1C=NNc1nc2c(=O)[nH]c(N)nc2n1C1OC(CO)C(O)C1O. The fourth-order valence-electron chi connectivity index (χ4n) is 3.35. The van der Waals surface area contributed by atoms with Gasteiger partial charge in [0.1, 0.15) is 24.1 Å². The van der Waals surface area contributed by atoms with Crippen molar-refractivity contribution in [2.45, 2.75) is 24.5 Å². The summed E-state index contributed by atoms with van der Waals surface area (Å²) in [6, 6.07) is 7.17. The molecule has 1 aliphatic rings. The van der Waals surface area contributed by atoms with Crippen LogP contribution in [0, 0.1) is 0 Å². The van der Waals surface area contributed by atoms with Crippen LogP contribution in [0.5, 0.6) is 5.75 Å². The van der Waals surface area contributed by atoms with Crippen LogP contribution in [0.1, 0.15) is 11.8 Å². The van der Waals surface area contributed by atoms with E-state index in [2.05, 4.69) is 25.5 Å². The van der Waals surface area contributed by atoms with Crippen LogP contribution in [-0.4, -0.2) is 73.1 Å². The number of aliphatic hydroxyl groups excluding tert-OH is 3. The highest BCUT2D eigenvalue weighted by molar-refractivity contribution is 5.84. The van der Waals surface area contributed by atoms with Gasteiger partial charge in [0.05, 0.1) is 19.9 Å². The number of aromatic amines is 1. The molecule has 13 heteroatoms. The minimum atomic E-state index is -1.43. The smallest absolute Gasteiger partial charge is 0.280 e. The number of rotatable bonds is 6. The molecule has 0 bridgehead atoms. The van der Waals surface area contributed by atoms with Gasteiger partial charge in [-0.15, -0.1) is 0 Å². The van der Waals surface area contributed by atoms with Crippen molar-refractivity contribution in [2.75, 3.05) is 24.9 Å². The van der Waals surface area contributed by atoms with Crippen LogP contribution >= 0.6 is 0 Å². The summed E-state index contributed by atoms with van der Waals surface area (Å²) in [5, 5.41) is 34.1. The zero-order valence-electron chi connectivity index (χ0n) is 16.3. The average molecular weight is 431 g/mol. The minimum absolute atomic E-state index is 0.000382. The van der Waals surface area contributed by atoms with Crippen LogP contribution in [0.25, 0.3) is 11.2 Å². The lowest BCUT2D eigenvalue weighted by Gasteiger charge is -2.18. The summed E-state index contributed by atoms with van der Waals surface area (Å²) in [5.74, 6) is 0.421. The number of nitrogens with zero attached hydrogens (tertiary/aromatic N) is 4. The van der Waals surface area contributed by atoms with Crippen molar-refractivity contribution in [3.8, 4) is 5.75 Å². The first-order valence-electron chi connectivity index (χ1n) is 9.27. The van der Waals surface area contributed by atoms with Gasteiger partial charge in [-0.3, -0.25) is 14.3 Å². The number of H-pyrrole nitrogens is 1. The van der Waals surface area contributed by atoms with E-state index < -0.39 is 36.7 Å². The quantitative estimate of drug-likeness (QED) is 0.203. The standard InChI is InChI=1S/C18H21N7O6/c1-30-9-5-3-2-4-8(9)6-20-24-18-21-11-14(22-17(19)23-15(11)29)25(18)16-13(28)12(27)10(7-26)31-16/h2-6,10,12-13,16,26-28H,7H2,1H3,(H,21,24)(H3,19,22,23,29). The van der Waals surface area contributed by atoms with E-state index >= 15 is 0 Å². The van der Waals surface area contributed by atoms with E-state index in [0.29, 0.717) is 11.3 Å². The predicted octanol–water partition coefficient (Wildman–Crippen LogP) is -1.23. The van der Waals surface area contributed by atoms with E-state index in [-0.39, 0.29) is 23.1 Å². The number of imidazole rings is 1. The lowest BCUT2D eigenvalue weighted by atomic mass is 10.1. The number of hydrazone groups is 1. The number of aromatic nitrogens is 4. The van der Waals surface area contributed by atoms with Crippen molar-refractivity contribution in [3.05, 3.63) is 40.2 Å². The fraction of sp³-hybridized carbons (Fsp3) is 0.333. The molecule has 7 N–H and O–H groups in total. The highest BCUT2D eigenvalue weighted by Gasteiger charge is 2.45. The molecule has 0 spiro atoms. The summed E-state index contributed by atoms with van der Waals surface area (Å²) in [4.78, 5) is 22.9. The third-order valence-electron chi connectivity index (χ3n) is 4.85. The Hall–Kier alpha value is -3.52. The van der Waals surface area contributed by atoms with Gasteiger partial charge in [0.2, 0.25) is 11.9 Å². The number of benzene rings is 1. The molecule has 4 rings (SSSR count). The second-order valence-corrected chi connectivity index (χ2v) is 6.77. The second kappa shape index (κ2) is 8.31. The summed E-state index contributed by atoms with van der Waals surface area (Å²) < 4.78 is 12.1. The number of aliphatic hydroxyl groups is 3. The summed E-state index contributed by atoms with van der Waals surface area (Å²) in [7, 11) is 1.53. The first kappa shape index (κ1) is 20.7. The number of hydrogen-bond donors (Lipinski definition) is 6. The van der Waals surface area contributed by atoms with Gasteiger partial charge in [-0.1, -0.05) is 12.1 Å². The number of nitrogens with two attached hydrogens (primary N) is 1. The van der Waals surface area contributed by atoms with Gasteiger partial charge in [-0.25, -0.2) is 10.4 Å². The van der Waals surface area contributed by atoms with Gasteiger partial charge >= 0.3 is 0 Å². The second-order valence-electron chi connectivity index (χ2n) is 6.77. The van der Waals surface area contributed by atoms with Crippen LogP contribution < -0.4 is 21.5 Å². The molecule has 164 valence electrons. The molecule has 1 fully saturated rings. The summed E-state index contributed by atoms with van der Waals surface area (Å²) in [6.45, 7) is -0.522. The molecular weight excluding hydrogens is 410 g/mol. The summed E-state index contributed by atoms with van der Waals surface area (Å²) >= 11 is 0. The molecule has 3 aromatic rings. The van der Waals surface area contributed by atoms with Gasteiger partial charge in [0.25, 0.3) is 5.56 Å². The third-order valence-corrected chi connectivity index (χ3v) is 4.85. The molecule has 0 aliphatic carbocycles. The maximum Gasteiger partial charge on any atom is 0.280 e. The number of nitrogens with one attached hydrogen (secondary N) is 2. The summed E-state index contributed by atoms with van der Waals surface area (Å²) in [5.41, 5.74) is 8.34. The minimum Gasteiger partial charge on any atom is -0.496 e. The van der Waals surface area contributed by atoms with Gasteiger partial charge in [-0.05, 0) is 12.1 Å². The van der Waals surface area contributed by atoms with Crippen molar-refractivity contribution < 1.29 is 24.8 Å². The average Bonchev–Trinajstić information content (AvgIpc) is 3.25. The number of anilines is 2. The molecule has 2 aromatic heterocycles. The molecule has 4 atom stereocenters. The number of hydrogen-bond acceptors (Lipinski definition) is 11. The van der Waals surface area contributed by atoms with Gasteiger partial charge in [0.15, 0.2) is 17.4 Å². The topological polar surface area (TPSA) is 193 Å². The molecule has 0 saturated carbocycles. The van der Waals surface area contributed by atoms with E-state index in [1.165, 1.54) is 17.9 Å². The van der Waals surface area contributed by atoms with Crippen molar-refractivity contribution in [1.82, 2.24) is 19.5 Å². The number of para-hydroxylation sites is 1. The van der Waals surface area contributed by atoms with Crippen LogP contribution in [-0.2, 0) is 4.74 Å². The maximum atomic E-state index is 12.3. The lowest BCUT2D eigenvalue weighted by Crippen LogP contribution is -2.33. The zero-order chi connectivity index (χ0) is 22.1. The maximum absolute atomic E-state index is 12.3. The van der Waals surface area contributed by atoms with Crippen LogP contribution in [0.4, 0.5) is 11.9 Å². The van der Waals surface area contributed by atoms with E-state index in [4.69, 9.17) is 15.2 Å². The number of methoxy groups -OCH3 is 1. The molecule has 0 amide bonds.